The van der Waals surface area contributed by atoms with Crippen LogP contribution in [0.3, 0.4) is 0 Å². The summed E-state index contributed by atoms with van der Waals surface area (Å²) < 4.78 is 3.21. The number of rotatable bonds is 3. The summed E-state index contributed by atoms with van der Waals surface area (Å²) in [6.45, 7) is 0.461. The summed E-state index contributed by atoms with van der Waals surface area (Å²) in [4.78, 5) is 15.8. The topological polar surface area (TPSA) is 52.7 Å². The van der Waals surface area contributed by atoms with Gasteiger partial charge in [0.05, 0.1) is 6.54 Å². The molecule has 94 valence electrons. The Morgan fingerprint density at radius 3 is 2.63 bits per heavy atom. The van der Waals surface area contributed by atoms with E-state index in [0.29, 0.717) is 12.4 Å². The van der Waals surface area contributed by atoms with Crippen LogP contribution in [0.4, 0.5) is 0 Å². The van der Waals surface area contributed by atoms with Crippen LogP contribution >= 0.6 is 0 Å². The molecule has 0 radical (unpaired) electrons. The van der Waals surface area contributed by atoms with Gasteiger partial charge in [-0.15, -0.1) is 0 Å². The summed E-state index contributed by atoms with van der Waals surface area (Å²) in [5.74, 6) is 0.674. The summed E-state index contributed by atoms with van der Waals surface area (Å²) in [7, 11) is 0. The van der Waals surface area contributed by atoms with Crippen molar-refractivity contribution in [2.45, 2.75) is 6.54 Å². The lowest BCUT2D eigenvalue weighted by Crippen LogP contribution is -2.23. The molecule has 0 fully saturated rings. The zero-order valence-electron chi connectivity index (χ0n) is 10.2. The fourth-order valence-electron chi connectivity index (χ4n) is 1.84. The number of imidazole rings is 1. The van der Waals surface area contributed by atoms with Crippen LogP contribution in [0.15, 0.2) is 66.0 Å². The van der Waals surface area contributed by atoms with Crippen LogP contribution in [0.1, 0.15) is 5.56 Å². The summed E-state index contributed by atoms with van der Waals surface area (Å²) >= 11 is 0. The smallest absolute Gasteiger partial charge is 0.267 e. The van der Waals surface area contributed by atoms with Gasteiger partial charge < -0.3 is 0 Å². The van der Waals surface area contributed by atoms with E-state index in [0.717, 1.165) is 5.56 Å². The average molecular weight is 252 g/mol. The summed E-state index contributed by atoms with van der Waals surface area (Å²) in [6.07, 6.45) is 5.12. The Balaban J connectivity index is 1.97. The fraction of sp³-hybridized carbons (Fsp3) is 0.0714. The lowest BCUT2D eigenvalue weighted by Gasteiger charge is -2.07. The Hall–Kier alpha value is -2.69. The van der Waals surface area contributed by atoms with Gasteiger partial charge in [-0.25, -0.2) is 9.67 Å². The van der Waals surface area contributed by atoms with Crippen LogP contribution in [-0.4, -0.2) is 19.3 Å². The van der Waals surface area contributed by atoms with Crippen LogP contribution in [0.5, 0.6) is 0 Å². The van der Waals surface area contributed by atoms with Gasteiger partial charge in [0.15, 0.2) is 5.82 Å². The highest BCUT2D eigenvalue weighted by Crippen LogP contribution is 2.02. The predicted molar refractivity (Wildman–Crippen MR) is 71.2 cm³/mol. The van der Waals surface area contributed by atoms with Crippen molar-refractivity contribution in [3.05, 3.63) is 77.1 Å². The minimum Gasteiger partial charge on any atom is -0.289 e. The van der Waals surface area contributed by atoms with E-state index in [2.05, 4.69) is 10.1 Å². The Morgan fingerprint density at radius 2 is 1.89 bits per heavy atom. The van der Waals surface area contributed by atoms with Crippen molar-refractivity contribution in [1.29, 1.82) is 0 Å². The molecule has 0 aliphatic carbocycles. The molecule has 0 N–H and O–H groups in total. The van der Waals surface area contributed by atoms with E-state index >= 15 is 0 Å². The third kappa shape index (κ3) is 2.44. The second-order valence-corrected chi connectivity index (χ2v) is 4.14. The van der Waals surface area contributed by atoms with Gasteiger partial charge in [0, 0.05) is 18.5 Å². The number of benzene rings is 1. The first-order valence-electron chi connectivity index (χ1n) is 5.93. The van der Waals surface area contributed by atoms with E-state index in [1.165, 1.54) is 10.7 Å². The summed E-state index contributed by atoms with van der Waals surface area (Å²) in [5.41, 5.74) is 0.924. The highest BCUT2D eigenvalue weighted by molar-refractivity contribution is 5.20. The van der Waals surface area contributed by atoms with Crippen molar-refractivity contribution in [3.8, 4) is 5.82 Å². The first-order valence-corrected chi connectivity index (χ1v) is 5.93. The number of hydrogen-bond acceptors (Lipinski definition) is 3. The molecule has 0 amide bonds. The molecule has 0 saturated heterocycles. The summed E-state index contributed by atoms with van der Waals surface area (Å²) in [5, 5.41) is 4.34. The zero-order chi connectivity index (χ0) is 13.1. The SMILES string of the molecule is O=c1ccc(-n2ccnc2)nn1Cc1ccccc1. The summed E-state index contributed by atoms with van der Waals surface area (Å²) in [6, 6.07) is 13.0. The molecule has 2 heterocycles. The van der Waals surface area contributed by atoms with Gasteiger partial charge in [-0.3, -0.25) is 9.36 Å². The van der Waals surface area contributed by atoms with Gasteiger partial charge in [-0.2, -0.15) is 5.10 Å². The molecule has 0 aliphatic heterocycles. The quantitative estimate of drug-likeness (QED) is 0.709. The van der Waals surface area contributed by atoms with E-state index in [-0.39, 0.29) is 5.56 Å². The Labute approximate surface area is 109 Å². The van der Waals surface area contributed by atoms with Gasteiger partial charge in [-0.05, 0) is 11.6 Å². The molecule has 0 unspecified atom stereocenters. The first-order chi connectivity index (χ1) is 9.33. The van der Waals surface area contributed by atoms with Crippen LogP contribution in [0.2, 0.25) is 0 Å². The Kier molecular flexibility index (Phi) is 2.94. The largest absolute Gasteiger partial charge is 0.289 e. The molecule has 0 saturated carbocycles. The van der Waals surface area contributed by atoms with Crippen molar-refractivity contribution in [3.63, 3.8) is 0 Å². The zero-order valence-corrected chi connectivity index (χ0v) is 10.2. The molecule has 0 spiro atoms. The molecule has 3 rings (SSSR count). The van der Waals surface area contributed by atoms with Crippen molar-refractivity contribution >= 4 is 0 Å². The second kappa shape index (κ2) is 4.89. The molecular weight excluding hydrogens is 240 g/mol. The van der Waals surface area contributed by atoms with Crippen molar-refractivity contribution in [2.24, 2.45) is 0 Å². The molecule has 2 aromatic heterocycles. The highest BCUT2D eigenvalue weighted by Gasteiger charge is 2.03. The van der Waals surface area contributed by atoms with Crippen LogP contribution in [-0.2, 0) is 6.54 Å². The third-order valence-electron chi connectivity index (χ3n) is 2.80. The van der Waals surface area contributed by atoms with Gasteiger partial charge in [0.25, 0.3) is 5.56 Å². The first kappa shape index (κ1) is 11.4. The number of nitrogens with zero attached hydrogens (tertiary/aromatic N) is 4. The van der Waals surface area contributed by atoms with E-state index < -0.39 is 0 Å². The second-order valence-electron chi connectivity index (χ2n) is 4.14. The molecule has 1 aromatic carbocycles. The van der Waals surface area contributed by atoms with Crippen LogP contribution in [0.25, 0.3) is 5.82 Å². The monoisotopic (exact) mass is 252 g/mol. The average Bonchev–Trinajstić information content (AvgIpc) is 2.96. The van der Waals surface area contributed by atoms with Crippen molar-refractivity contribution in [2.75, 3.05) is 0 Å². The van der Waals surface area contributed by atoms with Crippen molar-refractivity contribution < 1.29 is 0 Å². The van der Waals surface area contributed by atoms with Crippen molar-refractivity contribution in [1.82, 2.24) is 19.3 Å². The molecule has 19 heavy (non-hydrogen) atoms. The lowest BCUT2D eigenvalue weighted by atomic mass is 10.2. The third-order valence-corrected chi connectivity index (χ3v) is 2.80. The lowest BCUT2D eigenvalue weighted by molar-refractivity contribution is 0.627. The van der Waals surface area contributed by atoms with Gasteiger partial charge >= 0.3 is 0 Å². The molecule has 3 aromatic rings. The Bertz CT molecular complexity index is 717. The molecule has 5 nitrogen and oxygen atoms in total. The Morgan fingerprint density at radius 1 is 1.05 bits per heavy atom. The highest BCUT2D eigenvalue weighted by atomic mass is 16.1. The predicted octanol–water partition coefficient (Wildman–Crippen LogP) is 1.48. The van der Waals surface area contributed by atoms with E-state index in [9.17, 15) is 4.79 Å². The van der Waals surface area contributed by atoms with E-state index in [4.69, 9.17) is 0 Å². The van der Waals surface area contributed by atoms with Gasteiger partial charge in [0.1, 0.15) is 6.33 Å². The molecule has 0 aliphatic rings. The van der Waals surface area contributed by atoms with E-state index in [1.54, 1.807) is 29.4 Å². The maximum absolute atomic E-state index is 11.8. The maximum Gasteiger partial charge on any atom is 0.267 e. The van der Waals surface area contributed by atoms with Crippen LogP contribution in [0, 0.1) is 0 Å². The maximum atomic E-state index is 11.8. The molecular formula is C14H12N4O. The number of hydrogen-bond donors (Lipinski definition) is 0. The standard InChI is InChI=1S/C14H12N4O/c19-14-7-6-13(17-9-8-15-11-17)16-18(14)10-12-4-2-1-3-5-12/h1-9,11H,10H2. The molecule has 0 bridgehead atoms. The number of aromatic nitrogens is 4. The fourth-order valence-corrected chi connectivity index (χ4v) is 1.84. The molecule has 5 heteroatoms. The minimum atomic E-state index is -0.118. The van der Waals surface area contributed by atoms with E-state index in [1.807, 2.05) is 30.3 Å². The van der Waals surface area contributed by atoms with Gasteiger partial charge in [-0.1, -0.05) is 30.3 Å². The normalized spacial score (nSPS) is 10.5. The molecule has 0 atom stereocenters. The minimum absolute atomic E-state index is 0.118. The van der Waals surface area contributed by atoms with Gasteiger partial charge in [0.2, 0.25) is 0 Å². The van der Waals surface area contributed by atoms with Crippen LogP contribution < -0.4 is 5.56 Å².